The molecule has 0 N–H and O–H groups in total. The van der Waals surface area contributed by atoms with Crippen LogP contribution in [-0.2, 0) is 31.2 Å². The molecule has 0 aromatic carbocycles. The summed E-state index contributed by atoms with van der Waals surface area (Å²) in [6.45, 7) is 10.8. The molecule has 4 rings (SSSR count). The number of fused-ring (bicyclic) bond motifs is 1. The van der Waals surface area contributed by atoms with E-state index >= 15 is 4.39 Å². The van der Waals surface area contributed by atoms with Crippen molar-refractivity contribution in [3.8, 4) is 5.88 Å². The molecule has 0 saturated carbocycles. The number of nitrogens with zero attached hydrogens (tertiary/aromatic N) is 5. The van der Waals surface area contributed by atoms with Gasteiger partial charge in [0.2, 0.25) is 5.88 Å². The molecule has 4 heterocycles. The molecule has 12 heteroatoms. The number of pyridine rings is 1. The van der Waals surface area contributed by atoms with Gasteiger partial charge in [0.15, 0.2) is 5.78 Å². The number of ether oxygens (including phenoxy) is 2. The Balaban J connectivity index is 1.76. The number of carbonyl (C=O) groups is 2. The van der Waals surface area contributed by atoms with Crippen molar-refractivity contribution in [3.63, 3.8) is 0 Å². The first kappa shape index (κ1) is 28.7. The Bertz CT molecular complexity index is 1460. The molecule has 3 atom stereocenters. The van der Waals surface area contributed by atoms with Gasteiger partial charge in [-0.1, -0.05) is 0 Å². The highest BCUT2D eigenvalue weighted by atomic mass is 32.2. The molecule has 2 aliphatic rings. The number of aliphatic imine (C=N–C) groups is 1. The zero-order valence-electron chi connectivity index (χ0n) is 23.3. The Hall–Kier alpha value is -3.28. The van der Waals surface area contributed by atoms with Crippen LogP contribution >= 0.6 is 0 Å². The molecule has 0 unspecified atom stereocenters. The summed E-state index contributed by atoms with van der Waals surface area (Å²) in [5.74, 6) is -1.26. The quantitative estimate of drug-likeness (QED) is 0.369. The molecule has 2 aromatic rings. The summed E-state index contributed by atoms with van der Waals surface area (Å²) in [7, 11) is -1.54. The Labute approximate surface area is 228 Å². The minimum absolute atomic E-state index is 0.0411. The third-order valence-corrected chi connectivity index (χ3v) is 10.8. The van der Waals surface area contributed by atoms with Crippen LogP contribution in [0.5, 0.6) is 5.88 Å². The second-order valence-electron chi connectivity index (χ2n) is 11.4. The molecule has 0 radical (unpaired) electrons. The molecular weight excluding hydrogens is 525 g/mol. The molecule has 0 amide bonds. The van der Waals surface area contributed by atoms with Crippen LogP contribution in [0.1, 0.15) is 76.3 Å². The van der Waals surface area contributed by atoms with E-state index in [4.69, 9.17) is 14.5 Å². The Kier molecular flexibility index (Phi) is 7.39. The summed E-state index contributed by atoms with van der Waals surface area (Å²) in [6.07, 6.45) is 2.69. The maximum absolute atomic E-state index is 15.5. The molecule has 0 spiro atoms. The Morgan fingerprint density at radius 2 is 1.85 bits per heavy atom. The molecule has 2 aromatic heterocycles. The van der Waals surface area contributed by atoms with Gasteiger partial charge in [0, 0.05) is 18.0 Å². The van der Waals surface area contributed by atoms with E-state index in [0.29, 0.717) is 24.4 Å². The third kappa shape index (κ3) is 5.30. The summed E-state index contributed by atoms with van der Waals surface area (Å²) in [5, 5.41) is -0.636. The van der Waals surface area contributed by atoms with E-state index in [1.165, 1.54) is 31.6 Å². The van der Waals surface area contributed by atoms with Crippen molar-refractivity contribution < 1.29 is 27.7 Å². The highest BCUT2D eigenvalue weighted by Crippen LogP contribution is 2.48. The summed E-state index contributed by atoms with van der Waals surface area (Å²) in [6, 6.07) is 2.65. The minimum atomic E-state index is -2.99. The van der Waals surface area contributed by atoms with Gasteiger partial charge in [0.1, 0.15) is 28.3 Å². The molecule has 0 fully saturated rings. The highest BCUT2D eigenvalue weighted by Gasteiger charge is 2.58. The van der Waals surface area contributed by atoms with Gasteiger partial charge in [-0.05, 0) is 60.1 Å². The van der Waals surface area contributed by atoms with Gasteiger partial charge in [-0.2, -0.15) is 0 Å². The maximum Gasteiger partial charge on any atom is 0.312 e. The molecule has 210 valence electrons. The van der Waals surface area contributed by atoms with Gasteiger partial charge in [0.05, 0.1) is 52.1 Å². The van der Waals surface area contributed by atoms with E-state index in [2.05, 4.69) is 19.3 Å². The number of carbonyl (C=O) groups excluding carboxylic acids is 2. The number of hydrogen-bond donors (Lipinski definition) is 0. The lowest BCUT2D eigenvalue weighted by atomic mass is 9.88. The van der Waals surface area contributed by atoms with Gasteiger partial charge in [0.25, 0.3) is 0 Å². The van der Waals surface area contributed by atoms with Crippen LogP contribution in [0.25, 0.3) is 0 Å². The van der Waals surface area contributed by atoms with Gasteiger partial charge in [-0.15, -0.1) is 0 Å². The van der Waals surface area contributed by atoms with Crippen molar-refractivity contribution in [2.24, 2.45) is 9.36 Å². The Morgan fingerprint density at radius 3 is 2.46 bits per heavy atom. The summed E-state index contributed by atoms with van der Waals surface area (Å²) in [5.41, 5.74) is -1.41. The van der Waals surface area contributed by atoms with Crippen molar-refractivity contribution in [2.75, 3.05) is 13.7 Å². The lowest BCUT2D eigenvalue weighted by Crippen LogP contribution is -2.56. The number of aromatic nitrogens is 3. The zero-order valence-corrected chi connectivity index (χ0v) is 24.1. The SMILES string of the molecule is COc1cnc(C(=O)Cc2ccc(F)c([C@@]3(C)N=C(CC(=O)OC(C)(C)C)C(C)(C)[S@@]4(=O)=NCC[C@@H]34)n2)cn1. The highest BCUT2D eigenvalue weighted by molar-refractivity contribution is 7.96. The van der Waals surface area contributed by atoms with Crippen LogP contribution in [0, 0.1) is 5.82 Å². The van der Waals surface area contributed by atoms with Crippen LogP contribution < -0.4 is 4.74 Å². The Morgan fingerprint density at radius 1 is 1.13 bits per heavy atom. The number of esters is 1. The molecular formula is C27H34FN5O5S. The van der Waals surface area contributed by atoms with Crippen LogP contribution in [0.15, 0.2) is 33.9 Å². The fourth-order valence-corrected chi connectivity index (χ4v) is 8.31. The van der Waals surface area contributed by atoms with E-state index in [1.54, 1.807) is 41.5 Å². The second-order valence-corrected chi connectivity index (χ2v) is 14.3. The first-order valence-electron chi connectivity index (χ1n) is 12.7. The normalized spacial score (nSPS) is 25.7. The van der Waals surface area contributed by atoms with Gasteiger partial charge in [-0.3, -0.25) is 19.6 Å². The van der Waals surface area contributed by atoms with Crippen molar-refractivity contribution in [1.29, 1.82) is 0 Å². The smallest absolute Gasteiger partial charge is 0.312 e. The standard InChI is InChI=1S/C27H34FN5O5S/c1-25(2,3)38-23(35)13-20-26(4,5)39(36)21(10-11-31-39)27(6,33-20)24-17(28)9-8-16(32-24)12-19(34)18-14-30-22(37-7)15-29-18/h8-9,14-15,21H,10-13H2,1-7H3/t21-,27-,39+/m0/s1. The number of methoxy groups -OCH3 is 1. The number of halogens is 1. The van der Waals surface area contributed by atoms with E-state index in [-0.39, 0.29) is 35.9 Å². The third-order valence-electron chi connectivity index (χ3n) is 7.06. The summed E-state index contributed by atoms with van der Waals surface area (Å²) >= 11 is 0. The minimum Gasteiger partial charge on any atom is -0.480 e. The van der Waals surface area contributed by atoms with Crippen LogP contribution in [0.4, 0.5) is 4.39 Å². The van der Waals surface area contributed by atoms with Gasteiger partial charge < -0.3 is 9.47 Å². The predicted octanol–water partition coefficient (Wildman–Crippen LogP) is 3.87. The summed E-state index contributed by atoms with van der Waals surface area (Å²) < 4.78 is 43.9. The van der Waals surface area contributed by atoms with Crippen molar-refractivity contribution in [3.05, 3.63) is 47.4 Å². The van der Waals surface area contributed by atoms with E-state index in [0.717, 1.165) is 0 Å². The average molecular weight is 560 g/mol. The number of rotatable bonds is 7. The number of hydrogen-bond acceptors (Lipinski definition) is 10. The number of Topliss-reactive ketones (excluding diaryl/α,β-unsaturated/α-hetero) is 1. The average Bonchev–Trinajstić information content (AvgIpc) is 3.27. The van der Waals surface area contributed by atoms with Crippen LogP contribution in [0.3, 0.4) is 0 Å². The van der Waals surface area contributed by atoms with E-state index < -0.39 is 42.7 Å². The van der Waals surface area contributed by atoms with Crippen LogP contribution in [0.2, 0.25) is 0 Å². The second kappa shape index (κ2) is 10.0. The van der Waals surface area contributed by atoms with Gasteiger partial charge in [-0.25, -0.2) is 22.9 Å². The fourth-order valence-electron chi connectivity index (χ4n) is 5.05. The van der Waals surface area contributed by atoms with Crippen molar-refractivity contribution in [2.45, 2.75) is 81.9 Å². The summed E-state index contributed by atoms with van der Waals surface area (Å²) in [4.78, 5) is 43.2. The topological polar surface area (TPSA) is 133 Å². The number of ketones is 1. The fraction of sp³-hybridized carbons (Fsp3) is 0.556. The molecule has 0 bridgehead atoms. The molecule has 0 saturated heterocycles. The molecule has 2 aliphatic heterocycles. The lowest BCUT2D eigenvalue weighted by molar-refractivity contribution is -0.153. The van der Waals surface area contributed by atoms with Crippen LogP contribution in [-0.4, -0.2) is 65.9 Å². The van der Waals surface area contributed by atoms with E-state index in [1.807, 2.05) is 0 Å². The molecule has 39 heavy (non-hydrogen) atoms. The molecule has 0 aliphatic carbocycles. The predicted molar refractivity (Wildman–Crippen MR) is 144 cm³/mol. The largest absolute Gasteiger partial charge is 0.480 e. The van der Waals surface area contributed by atoms with Crippen molar-refractivity contribution >= 4 is 27.2 Å². The lowest BCUT2D eigenvalue weighted by Gasteiger charge is -2.45. The van der Waals surface area contributed by atoms with E-state index in [9.17, 15) is 13.8 Å². The molecule has 10 nitrogen and oxygen atoms in total. The van der Waals surface area contributed by atoms with Crippen molar-refractivity contribution in [1.82, 2.24) is 15.0 Å². The first-order chi connectivity index (χ1) is 18.1. The monoisotopic (exact) mass is 559 g/mol. The van der Waals surface area contributed by atoms with Gasteiger partial charge >= 0.3 is 5.97 Å². The maximum atomic E-state index is 15.5. The first-order valence-corrected chi connectivity index (χ1v) is 14.3. The zero-order chi connectivity index (χ0) is 28.8.